The third-order valence-electron chi connectivity index (χ3n) is 6.45. The maximum absolute atomic E-state index is 13.7. The van der Waals surface area contributed by atoms with E-state index in [9.17, 15) is 13.2 Å². The molecule has 2 saturated carbocycles. The molecule has 0 radical (unpaired) electrons. The molecular weight excluding hydrogens is 444 g/mol. The van der Waals surface area contributed by atoms with Crippen LogP contribution < -0.4 is 14.4 Å². The van der Waals surface area contributed by atoms with E-state index in [-0.39, 0.29) is 23.4 Å². The maximum atomic E-state index is 13.7. The number of thioether (sulfide) groups is 1. The highest BCUT2D eigenvalue weighted by Gasteiger charge is 2.40. The molecule has 2 aliphatic carbocycles. The topological polar surface area (TPSA) is 75.7 Å². The van der Waals surface area contributed by atoms with Crippen molar-refractivity contribution in [2.45, 2.75) is 48.4 Å². The number of nitrogens with zero attached hydrogens (tertiary/aromatic N) is 1. The van der Waals surface area contributed by atoms with Crippen molar-refractivity contribution >= 4 is 33.4 Å². The molecule has 172 valence electrons. The van der Waals surface area contributed by atoms with Crippen molar-refractivity contribution in [2.24, 2.45) is 11.8 Å². The van der Waals surface area contributed by atoms with Crippen molar-refractivity contribution in [2.75, 3.05) is 23.7 Å². The maximum Gasteiger partial charge on any atom is 0.264 e. The van der Waals surface area contributed by atoms with Gasteiger partial charge in [-0.05, 0) is 80.7 Å². The van der Waals surface area contributed by atoms with Gasteiger partial charge in [-0.2, -0.15) is 0 Å². The van der Waals surface area contributed by atoms with Crippen molar-refractivity contribution < 1.29 is 17.9 Å². The Morgan fingerprint density at radius 3 is 2.50 bits per heavy atom. The molecule has 0 heterocycles. The Labute approximate surface area is 194 Å². The average molecular weight is 475 g/mol. The lowest BCUT2D eigenvalue weighted by Crippen LogP contribution is -2.46. The molecule has 2 fully saturated rings. The lowest BCUT2D eigenvalue weighted by atomic mass is 9.95. The monoisotopic (exact) mass is 474 g/mol. The van der Waals surface area contributed by atoms with E-state index < -0.39 is 10.0 Å². The number of fused-ring (bicyclic) bond motifs is 2. The number of hydrogen-bond donors (Lipinski definition) is 1. The van der Waals surface area contributed by atoms with Crippen LogP contribution in [0.1, 0.15) is 32.6 Å². The molecule has 4 rings (SSSR count). The molecule has 6 nitrogen and oxygen atoms in total. The third-order valence-corrected chi connectivity index (χ3v) is 8.97. The van der Waals surface area contributed by atoms with Gasteiger partial charge in [0.15, 0.2) is 0 Å². The summed E-state index contributed by atoms with van der Waals surface area (Å²) in [5.74, 6) is 1.37. The fraction of sp³-hybridized carbons (Fsp3) is 0.458. The second-order valence-corrected chi connectivity index (χ2v) is 11.2. The molecule has 0 aliphatic heterocycles. The molecule has 2 bridgehead atoms. The first-order valence-electron chi connectivity index (χ1n) is 11.1. The summed E-state index contributed by atoms with van der Waals surface area (Å²) in [4.78, 5) is 14.2. The molecule has 2 aliphatic rings. The number of hydrogen-bond acceptors (Lipinski definition) is 5. The zero-order valence-corrected chi connectivity index (χ0v) is 20.1. The number of anilines is 1. The lowest BCUT2D eigenvalue weighted by Gasteiger charge is -2.28. The van der Waals surface area contributed by atoms with Gasteiger partial charge in [0.2, 0.25) is 5.91 Å². The number of ether oxygens (including phenoxy) is 1. The first-order valence-corrected chi connectivity index (χ1v) is 13.8. The number of para-hydroxylation sites is 2. The molecule has 1 amide bonds. The Morgan fingerprint density at radius 2 is 1.88 bits per heavy atom. The number of sulfonamides is 1. The minimum absolute atomic E-state index is 0.147. The third kappa shape index (κ3) is 4.76. The standard InChI is InChI=1S/C24H30N2O4S2/c1-3-30-23-7-5-4-6-22(23)26(32(28,29)20-12-10-19(31-2)11-13-20)16-24(27)25-21-15-17-8-9-18(21)14-17/h4-7,10-13,17-18,21H,3,8-9,14-16H2,1-2H3,(H,25,27)/t17-,18-,21-/m0/s1. The van der Waals surface area contributed by atoms with E-state index >= 15 is 0 Å². The van der Waals surface area contributed by atoms with Gasteiger partial charge in [-0.25, -0.2) is 8.42 Å². The lowest BCUT2D eigenvalue weighted by molar-refractivity contribution is -0.120. The quantitative estimate of drug-likeness (QED) is 0.548. The van der Waals surface area contributed by atoms with E-state index in [0.717, 1.165) is 17.7 Å². The van der Waals surface area contributed by atoms with Crippen LogP contribution in [0.2, 0.25) is 0 Å². The van der Waals surface area contributed by atoms with Crippen LogP contribution in [0.25, 0.3) is 0 Å². The van der Waals surface area contributed by atoms with E-state index in [0.29, 0.717) is 29.9 Å². The van der Waals surface area contributed by atoms with Crippen molar-refractivity contribution in [1.82, 2.24) is 5.32 Å². The van der Waals surface area contributed by atoms with Gasteiger partial charge >= 0.3 is 0 Å². The molecular formula is C24H30N2O4S2. The van der Waals surface area contributed by atoms with Gasteiger partial charge in [0, 0.05) is 10.9 Å². The number of rotatable bonds is 9. The molecule has 8 heteroatoms. The second-order valence-electron chi connectivity index (χ2n) is 8.44. The molecule has 32 heavy (non-hydrogen) atoms. The summed E-state index contributed by atoms with van der Waals surface area (Å²) in [5.41, 5.74) is 0.367. The van der Waals surface area contributed by atoms with Gasteiger partial charge in [-0.3, -0.25) is 9.10 Å². The van der Waals surface area contributed by atoms with Crippen molar-refractivity contribution in [3.8, 4) is 5.75 Å². The zero-order chi connectivity index (χ0) is 22.7. The summed E-state index contributed by atoms with van der Waals surface area (Å²) in [5, 5.41) is 3.11. The zero-order valence-electron chi connectivity index (χ0n) is 18.5. The molecule has 3 atom stereocenters. The Balaban J connectivity index is 1.64. The fourth-order valence-corrected chi connectivity index (χ4v) is 6.76. The van der Waals surface area contributed by atoms with Gasteiger partial charge in [0.25, 0.3) is 10.0 Å². The van der Waals surface area contributed by atoms with E-state index in [1.54, 1.807) is 60.3 Å². The summed E-state index contributed by atoms with van der Waals surface area (Å²) < 4.78 is 34.2. The Kier molecular flexibility index (Phi) is 7.00. The molecule has 0 unspecified atom stereocenters. The van der Waals surface area contributed by atoms with Gasteiger partial charge in [-0.1, -0.05) is 18.6 Å². The van der Waals surface area contributed by atoms with E-state index in [2.05, 4.69) is 5.32 Å². The van der Waals surface area contributed by atoms with Crippen molar-refractivity contribution in [1.29, 1.82) is 0 Å². The largest absolute Gasteiger partial charge is 0.492 e. The van der Waals surface area contributed by atoms with Crippen LogP contribution in [-0.2, 0) is 14.8 Å². The highest BCUT2D eigenvalue weighted by atomic mass is 32.2. The van der Waals surface area contributed by atoms with E-state index in [1.165, 1.54) is 17.1 Å². The highest BCUT2D eigenvalue weighted by molar-refractivity contribution is 7.98. The Morgan fingerprint density at radius 1 is 1.12 bits per heavy atom. The molecule has 0 saturated heterocycles. The van der Waals surface area contributed by atoms with Crippen LogP contribution >= 0.6 is 11.8 Å². The summed E-state index contributed by atoms with van der Waals surface area (Å²) >= 11 is 1.54. The molecule has 2 aromatic rings. The molecule has 0 aromatic heterocycles. The number of nitrogens with one attached hydrogen (secondary N) is 1. The van der Waals surface area contributed by atoms with Gasteiger partial charge in [0.05, 0.1) is 17.2 Å². The first kappa shape index (κ1) is 23.0. The Bertz CT molecular complexity index is 1060. The van der Waals surface area contributed by atoms with Crippen LogP contribution in [0.4, 0.5) is 5.69 Å². The van der Waals surface area contributed by atoms with Crippen molar-refractivity contribution in [3.05, 3.63) is 48.5 Å². The summed E-state index contributed by atoms with van der Waals surface area (Å²) in [7, 11) is -3.98. The van der Waals surface area contributed by atoms with Crippen LogP contribution in [-0.4, -0.2) is 39.8 Å². The number of carbonyl (C=O) groups excluding carboxylic acids is 1. The van der Waals surface area contributed by atoms with E-state index in [4.69, 9.17) is 4.74 Å². The first-order chi connectivity index (χ1) is 15.4. The van der Waals surface area contributed by atoms with Crippen molar-refractivity contribution in [3.63, 3.8) is 0 Å². The summed E-state index contributed by atoms with van der Waals surface area (Å²) in [6.07, 6.45) is 6.49. The normalized spacial score (nSPS) is 22.0. The number of benzene rings is 2. The predicted molar refractivity (Wildman–Crippen MR) is 128 cm³/mol. The smallest absolute Gasteiger partial charge is 0.264 e. The minimum atomic E-state index is -3.98. The number of carbonyl (C=O) groups is 1. The van der Waals surface area contributed by atoms with Crippen LogP contribution in [0.5, 0.6) is 5.75 Å². The van der Waals surface area contributed by atoms with Crippen LogP contribution in [0.15, 0.2) is 58.3 Å². The second kappa shape index (κ2) is 9.75. The SMILES string of the molecule is CCOc1ccccc1N(CC(=O)N[C@H]1C[C@H]2CC[C@H]1C2)S(=O)(=O)c1ccc(SC)cc1. The molecule has 0 spiro atoms. The Hall–Kier alpha value is -2.19. The summed E-state index contributed by atoms with van der Waals surface area (Å²) in [6.45, 7) is 1.95. The molecule has 1 N–H and O–H groups in total. The van der Waals surface area contributed by atoms with Gasteiger partial charge in [-0.15, -0.1) is 11.8 Å². The fourth-order valence-electron chi connectivity index (χ4n) is 4.92. The van der Waals surface area contributed by atoms with Crippen LogP contribution in [0, 0.1) is 11.8 Å². The van der Waals surface area contributed by atoms with Gasteiger partial charge < -0.3 is 10.1 Å². The van der Waals surface area contributed by atoms with Crippen LogP contribution in [0.3, 0.4) is 0 Å². The average Bonchev–Trinajstić information content (AvgIpc) is 3.41. The predicted octanol–water partition coefficient (Wildman–Crippen LogP) is 4.31. The summed E-state index contributed by atoms with van der Waals surface area (Å²) in [6, 6.07) is 13.8. The minimum Gasteiger partial charge on any atom is -0.492 e. The molecule has 2 aromatic carbocycles. The van der Waals surface area contributed by atoms with Gasteiger partial charge in [0.1, 0.15) is 12.3 Å². The number of amides is 1. The highest BCUT2D eigenvalue weighted by Crippen LogP contribution is 2.44. The van der Waals surface area contributed by atoms with E-state index in [1.807, 2.05) is 13.2 Å².